The molecule has 21 heavy (non-hydrogen) atoms. The highest BCUT2D eigenvalue weighted by molar-refractivity contribution is 9.10. The van der Waals surface area contributed by atoms with Crippen molar-refractivity contribution in [1.29, 1.82) is 5.26 Å². The first-order valence-electron chi connectivity index (χ1n) is 6.36. The van der Waals surface area contributed by atoms with Crippen LogP contribution in [0.4, 0.5) is 5.69 Å². The van der Waals surface area contributed by atoms with Gasteiger partial charge < -0.3 is 15.1 Å². The van der Waals surface area contributed by atoms with E-state index in [2.05, 4.69) is 32.6 Å². The van der Waals surface area contributed by atoms with Crippen molar-refractivity contribution < 1.29 is 9.21 Å². The highest BCUT2D eigenvalue weighted by Crippen LogP contribution is 2.21. The fourth-order valence-corrected chi connectivity index (χ4v) is 2.13. The van der Waals surface area contributed by atoms with Gasteiger partial charge in [0.1, 0.15) is 17.9 Å². The van der Waals surface area contributed by atoms with Gasteiger partial charge in [0.2, 0.25) is 5.91 Å². The molecule has 1 aromatic carbocycles. The Morgan fingerprint density at radius 2 is 2.29 bits per heavy atom. The zero-order chi connectivity index (χ0) is 15.2. The molecular weight excluding hydrogens is 334 g/mol. The molecule has 2 aromatic rings. The van der Waals surface area contributed by atoms with Gasteiger partial charge in [-0.1, -0.05) is 15.9 Å². The van der Waals surface area contributed by atoms with Crippen LogP contribution in [-0.2, 0) is 11.3 Å². The molecule has 1 aromatic heterocycles. The molecule has 0 bridgehead atoms. The topological polar surface area (TPSA) is 78.1 Å². The number of amides is 1. The lowest BCUT2D eigenvalue weighted by Gasteiger charge is -2.16. The Balaban J connectivity index is 1.97. The van der Waals surface area contributed by atoms with Gasteiger partial charge in [-0.2, -0.15) is 5.26 Å². The Morgan fingerprint density at radius 1 is 1.48 bits per heavy atom. The van der Waals surface area contributed by atoms with E-state index in [1.54, 1.807) is 43.5 Å². The molecule has 2 N–H and O–H groups in total. The van der Waals surface area contributed by atoms with E-state index in [1.807, 2.05) is 0 Å². The molecule has 6 heteroatoms. The van der Waals surface area contributed by atoms with Crippen LogP contribution in [0.3, 0.4) is 0 Å². The van der Waals surface area contributed by atoms with Crippen molar-refractivity contribution in [2.45, 2.75) is 19.5 Å². The number of anilines is 1. The van der Waals surface area contributed by atoms with Crippen LogP contribution in [-0.4, -0.2) is 11.9 Å². The van der Waals surface area contributed by atoms with E-state index in [9.17, 15) is 4.79 Å². The summed E-state index contributed by atoms with van der Waals surface area (Å²) < 4.78 is 5.99. The van der Waals surface area contributed by atoms with E-state index in [-0.39, 0.29) is 5.91 Å². The minimum atomic E-state index is -0.471. The molecule has 1 unspecified atom stereocenters. The normalized spacial score (nSPS) is 11.5. The molecule has 1 atom stereocenters. The molecule has 108 valence electrons. The van der Waals surface area contributed by atoms with Gasteiger partial charge in [0.05, 0.1) is 24.1 Å². The molecule has 0 fully saturated rings. The van der Waals surface area contributed by atoms with Gasteiger partial charge in [0.25, 0.3) is 0 Å². The lowest BCUT2D eigenvalue weighted by Crippen LogP contribution is -2.37. The molecule has 0 aliphatic rings. The number of rotatable bonds is 5. The Labute approximate surface area is 131 Å². The minimum Gasteiger partial charge on any atom is -0.467 e. The van der Waals surface area contributed by atoms with Gasteiger partial charge >= 0.3 is 0 Å². The first kappa shape index (κ1) is 15.1. The fraction of sp³-hybridized carbons (Fsp3) is 0.200. The maximum Gasteiger partial charge on any atom is 0.242 e. The van der Waals surface area contributed by atoms with E-state index in [1.165, 1.54) is 0 Å². The van der Waals surface area contributed by atoms with Crippen molar-refractivity contribution >= 4 is 27.5 Å². The quantitative estimate of drug-likeness (QED) is 0.871. The molecule has 0 saturated carbocycles. The number of carbonyl (C=O) groups is 1. The number of hydrogen-bond acceptors (Lipinski definition) is 4. The Morgan fingerprint density at radius 3 is 2.95 bits per heavy atom. The van der Waals surface area contributed by atoms with E-state index in [0.29, 0.717) is 23.6 Å². The molecule has 0 saturated heterocycles. The molecule has 1 heterocycles. The van der Waals surface area contributed by atoms with Crippen LogP contribution in [0.15, 0.2) is 45.5 Å². The summed E-state index contributed by atoms with van der Waals surface area (Å²) >= 11 is 3.35. The average Bonchev–Trinajstić information content (AvgIpc) is 2.98. The van der Waals surface area contributed by atoms with E-state index < -0.39 is 6.04 Å². The van der Waals surface area contributed by atoms with Crippen molar-refractivity contribution in [3.05, 3.63) is 52.4 Å². The van der Waals surface area contributed by atoms with Gasteiger partial charge in [-0.3, -0.25) is 4.79 Å². The number of carbonyl (C=O) groups excluding carboxylic acids is 1. The van der Waals surface area contributed by atoms with Crippen molar-refractivity contribution in [2.24, 2.45) is 0 Å². The van der Waals surface area contributed by atoms with Gasteiger partial charge in [0.15, 0.2) is 0 Å². The van der Waals surface area contributed by atoms with Crippen LogP contribution in [0.25, 0.3) is 0 Å². The predicted octanol–water partition coefficient (Wildman–Crippen LogP) is 3.03. The molecule has 0 spiro atoms. The SMILES string of the molecule is CC(Nc1cc(Br)ccc1C#N)C(=O)NCc1ccco1. The second-order valence-corrected chi connectivity index (χ2v) is 5.38. The smallest absolute Gasteiger partial charge is 0.242 e. The standard InChI is InChI=1S/C15H14BrN3O2/c1-10(15(20)18-9-13-3-2-6-21-13)19-14-7-12(16)5-4-11(14)8-17/h2-7,10,19H,9H2,1H3,(H,18,20). The predicted molar refractivity (Wildman–Crippen MR) is 82.5 cm³/mol. The van der Waals surface area contributed by atoms with E-state index in [4.69, 9.17) is 9.68 Å². The van der Waals surface area contributed by atoms with Crippen molar-refractivity contribution in [3.8, 4) is 6.07 Å². The molecular formula is C15H14BrN3O2. The highest BCUT2D eigenvalue weighted by Gasteiger charge is 2.14. The Hall–Kier alpha value is -2.26. The largest absolute Gasteiger partial charge is 0.467 e. The van der Waals surface area contributed by atoms with Gasteiger partial charge in [-0.15, -0.1) is 0 Å². The minimum absolute atomic E-state index is 0.171. The number of furan rings is 1. The van der Waals surface area contributed by atoms with E-state index in [0.717, 1.165) is 4.47 Å². The van der Waals surface area contributed by atoms with Crippen LogP contribution in [0.2, 0.25) is 0 Å². The van der Waals surface area contributed by atoms with Crippen LogP contribution < -0.4 is 10.6 Å². The Kier molecular flexibility index (Phi) is 5.01. The van der Waals surface area contributed by atoms with Crippen LogP contribution >= 0.6 is 15.9 Å². The second-order valence-electron chi connectivity index (χ2n) is 4.46. The molecule has 5 nitrogen and oxygen atoms in total. The van der Waals surface area contributed by atoms with Crippen LogP contribution in [0.5, 0.6) is 0 Å². The summed E-state index contributed by atoms with van der Waals surface area (Å²) in [6.07, 6.45) is 1.56. The number of hydrogen-bond donors (Lipinski definition) is 2. The maximum absolute atomic E-state index is 12.0. The lowest BCUT2D eigenvalue weighted by atomic mass is 10.1. The van der Waals surface area contributed by atoms with Gasteiger partial charge in [-0.25, -0.2) is 0 Å². The summed E-state index contributed by atoms with van der Waals surface area (Å²) in [5, 5.41) is 14.9. The van der Waals surface area contributed by atoms with Crippen LogP contribution in [0.1, 0.15) is 18.2 Å². The third kappa shape index (κ3) is 4.10. The van der Waals surface area contributed by atoms with Crippen molar-refractivity contribution in [2.75, 3.05) is 5.32 Å². The highest BCUT2D eigenvalue weighted by atomic mass is 79.9. The summed E-state index contributed by atoms with van der Waals surface area (Å²) in [7, 11) is 0. The van der Waals surface area contributed by atoms with Gasteiger partial charge in [0, 0.05) is 4.47 Å². The number of nitriles is 1. The first-order chi connectivity index (χ1) is 10.1. The third-order valence-corrected chi connectivity index (χ3v) is 3.38. The third-order valence-electron chi connectivity index (χ3n) is 2.88. The Bertz CT molecular complexity index is 662. The molecule has 0 aliphatic heterocycles. The van der Waals surface area contributed by atoms with Crippen molar-refractivity contribution in [1.82, 2.24) is 5.32 Å². The monoisotopic (exact) mass is 347 g/mol. The van der Waals surface area contributed by atoms with Crippen molar-refractivity contribution in [3.63, 3.8) is 0 Å². The summed E-state index contributed by atoms with van der Waals surface area (Å²) in [6, 6.07) is 10.4. The van der Waals surface area contributed by atoms with Gasteiger partial charge in [-0.05, 0) is 37.3 Å². The number of benzene rings is 1. The van der Waals surface area contributed by atoms with Crippen LogP contribution in [0, 0.1) is 11.3 Å². The molecule has 0 radical (unpaired) electrons. The molecule has 2 rings (SSSR count). The molecule has 0 aliphatic carbocycles. The summed E-state index contributed by atoms with van der Waals surface area (Å²) in [6.45, 7) is 2.07. The number of nitrogens with one attached hydrogen (secondary N) is 2. The zero-order valence-corrected chi connectivity index (χ0v) is 13.0. The first-order valence-corrected chi connectivity index (χ1v) is 7.15. The summed E-state index contributed by atoms with van der Waals surface area (Å²) in [5.41, 5.74) is 1.11. The maximum atomic E-state index is 12.0. The zero-order valence-electron chi connectivity index (χ0n) is 11.4. The summed E-state index contributed by atoms with van der Waals surface area (Å²) in [5.74, 6) is 0.519. The number of nitrogens with zero attached hydrogens (tertiary/aromatic N) is 1. The second kappa shape index (κ2) is 6.95. The lowest BCUT2D eigenvalue weighted by molar-refractivity contribution is -0.121. The average molecular weight is 348 g/mol. The van der Waals surface area contributed by atoms with E-state index >= 15 is 0 Å². The molecule has 1 amide bonds. The fourth-order valence-electron chi connectivity index (χ4n) is 1.77. The summed E-state index contributed by atoms with van der Waals surface area (Å²) in [4.78, 5) is 12.0. The number of halogens is 1.